The third-order valence-electron chi connectivity index (χ3n) is 6.88. The highest BCUT2D eigenvalue weighted by Crippen LogP contribution is 2.37. The molecule has 2 aromatic carbocycles. The number of benzene rings is 2. The fourth-order valence-electron chi connectivity index (χ4n) is 4.06. The summed E-state index contributed by atoms with van der Waals surface area (Å²) in [6, 6.07) is 7.91. The molecule has 0 radical (unpaired) electrons. The summed E-state index contributed by atoms with van der Waals surface area (Å²) < 4.78 is 97.8. The van der Waals surface area contributed by atoms with Crippen LogP contribution in [0.3, 0.4) is 0 Å². The summed E-state index contributed by atoms with van der Waals surface area (Å²) in [5, 5.41) is 4.72. The molecular weight excluding hydrogens is 652 g/mol. The molecule has 0 heterocycles. The number of amides is 2. The SMILES string of the molecule is CC(=O)c1cc(NC(=O)c2cc(CNC(=O)C(C)(C)C(F)(F)F)ccc2Cl)ccc1OCC(F)F.CC1CCCCC1.FC(F)F. The minimum Gasteiger partial charge on any atom is -0.487 e. The van der Waals surface area contributed by atoms with E-state index < -0.39 is 48.9 Å². The molecule has 258 valence electrons. The minimum absolute atomic E-state index is 0.0249. The summed E-state index contributed by atoms with van der Waals surface area (Å²) in [6.45, 7) is 0.194. The van der Waals surface area contributed by atoms with Crippen molar-refractivity contribution in [1.29, 1.82) is 0 Å². The zero-order valence-electron chi connectivity index (χ0n) is 25.7. The highest BCUT2D eigenvalue weighted by Gasteiger charge is 2.52. The summed E-state index contributed by atoms with van der Waals surface area (Å²) in [4.78, 5) is 36.6. The van der Waals surface area contributed by atoms with Crippen molar-refractivity contribution in [3.63, 3.8) is 0 Å². The molecule has 1 aliphatic rings. The first kappa shape index (κ1) is 40.6. The van der Waals surface area contributed by atoms with Gasteiger partial charge in [0.25, 0.3) is 12.3 Å². The molecule has 15 heteroatoms. The molecule has 0 spiro atoms. The summed E-state index contributed by atoms with van der Waals surface area (Å²) in [6.07, 6.45) is -0.0546. The first-order valence-corrected chi connectivity index (χ1v) is 14.6. The highest BCUT2D eigenvalue weighted by molar-refractivity contribution is 6.34. The number of hydrogen-bond donors (Lipinski definition) is 2. The number of halogens is 9. The molecular formula is C31H37ClF8N2O4. The van der Waals surface area contributed by atoms with E-state index in [0.29, 0.717) is 5.56 Å². The molecule has 3 rings (SSSR count). The Kier molecular flexibility index (Phi) is 16.5. The number of ketones is 1. The van der Waals surface area contributed by atoms with Crippen LogP contribution in [0.1, 0.15) is 86.1 Å². The van der Waals surface area contributed by atoms with Gasteiger partial charge >= 0.3 is 12.9 Å². The van der Waals surface area contributed by atoms with Crippen LogP contribution < -0.4 is 15.4 Å². The van der Waals surface area contributed by atoms with Crippen LogP contribution in [0.2, 0.25) is 5.02 Å². The van der Waals surface area contributed by atoms with Crippen LogP contribution >= 0.6 is 11.6 Å². The standard InChI is InChI=1S/C23H22ClF5N2O4.C7H14.CHF3/c1-12(32)15-9-14(5-7-18(15)35-11-19(25)26)31-20(33)16-8-13(4-6-17(16)24)10-30-21(34)22(2,3)23(27,28)29;1-7-5-3-2-4-6-7;2-1(3)4/h4-9,19H,10-11H2,1-3H3,(H,30,34)(H,31,33);7H,2-6H2,1H3;1H. The lowest BCUT2D eigenvalue weighted by Crippen LogP contribution is -2.46. The molecule has 0 saturated heterocycles. The molecule has 46 heavy (non-hydrogen) atoms. The molecule has 0 atom stereocenters. The average molecular weight is 689 g/mol. The Bertz CT molecular complexity index is 1300. The number of carbonyl (C=O) groups is 3. The Morgan fingerprint density at radius 3 is 2.00 bits per heavy atom. The zero-order chi connectivity index (χ0) is 35.2. The number of nitrogens with one attached hydrogen (secondary N) is 2. The number of hydrogen-bond acceptors (Lipinski definition) is 4. The van der Waals surface area contributed by atoms with E-state index in [-0.39, 0.29) is 34.1 Å². The third-order valence-corrected chi connectivity index (χ3v) is 7.21. The van der Waals surface area contributed by atoms with Crippen LogP contribution in [0.4, 0.5) is 40.8 Å². The first-order chi connectivity index (χ1) is 21.3. The van der Waals surface area contributed by atoms with Gasteiger partial charge in [0.15, 0.2) is 5.78 Å². The second kappa shape index (κ2) is 18.7. The molecule has 1 saturated carbocycles. The van der Waals surface area contributed by atoms with Gasteiger partial charge in [-0.15, -0.1) is 0 Å². The van der Waals surface area contributed by atoms with Crippen LogP contribution in [0.25, 0.3) is 0 Å². The van der Waals surface area contributed by atoms with Gasteiger partial charge in [-0.25, -0.2) is 8.78 Å². The largest absolute Gasteiger partial charge is 0.487 e. The van der Waals surface area contributed by atoms with E-state index >= 15 is 0 Å². The smallest absolute Gasteiger partial charge is 0.402 e. The van der Waals surface area contributed by atoms with E-state index in [1.54, 1.807) is 0 Å². The van der Waals surface area contributed by atoms with Crippen LogP contribution in [0, 0.1) is 11.3 Å². The van der Waals surface area contributed by atoms with Gasteiger partial charge in [0.05, 0.1) is 16.1 Å². The molecule has 2 amide bonds. The van der Waals surface area contributed by atoms with Crippen molar-refractivity contribution in [1.82, 2.24) is 5.32 Å². The summed E-state index contributed by atoms with van der Waals surface area (Å²) in [7, 11) is 0. The average Bonchev–Trinajstić information content (AvgIpc) is 2.95. The lowest BCUT2D eigenvalue weighted by molar-refractivity contribution is -0.211. The van der Waals surface area contributed by atoms with E-state index in [4.69, 9.17) is 16.3 Å². The van der Waals surface area contributed by atoms with Gasteiger partial charge in [0.2, 0.25) is 5.91 Å². The minimum atomic E-state index is -4.75. The van der Waals surface area contributed by atoms with Crippen molar-refractivity contribution in [3.8, 4) is 5.75 Å². The molecule has 2 N–H and O–H groups in total. The van der Waals surface area contributed by atoms with Gasteiger partial charge < -0.3 is 15.4 Å². The lowest BCUT2D eigenvalue weighted by Gasteiger charge is -2.26. The molecule has 0 unspecified atom stereocenters. The van der Waals surface area contributed by atoms with Crippen molar-refractivity contribution in [3.05, 3.63) is 58.1 Å². The van der Waals surface area contributed by atoms with E-state index in [1.807, 2.05) is 0 Å². The van der Waals surface area contributed by atoms with Crippen molar-refractivity contribution >= 4 is 34.9 Å². The number of anilines is 1. The topological polar surface area (TPSA) is 84.5 Å². The number of rotatable bonds is 9. The summed E-state index contributed by atoms with van der Waals surface area (Å²) >= 11 is 6.09. The number of ether oxygens (including phenoxy) is 1. The normalized spacial score (nSPS) is 13.6. The summed E-state index contributed by atoms with van der Waals surface area (Å²) in [5.74, 6) is -1.48. The third kappa shape index (κ3) is 13.9. The Morgan fingerprint density at radius 2 is 1.52 bits per heavy atom. The van der Waals surface area contributed by atoms with Gasteiger partial charge in [-0.2, -0.15) is 26.3 Å². The van der Waals surface area contributed by atoms with E-state index in [0.717, 1.165) is 19.8 Å². The zero-order valence-corrected chi connectivity index (χ0v) is 26.4. The predicted octanol–water partition coefficient (Wildman–Crippen LogP) is 9.41. The second-order valence-corrected chi connectivity index (χ2v) is 11.4. The van der Waals surface area contributed by atoms with Gasteiger partial charge in [-0.1, -0.05) is 56.7 Å². The Hall–Kier alpha value is -3.42. The van der Waals surface area contributed by atoms with E-state index in [2.05, 4.69) is 17.6 Å². The molecule has 2 aromatic rings. The van der Waals surface area contributed by atoms with E-state index in [9.17, 15) is 49.5 Å². The summed E-state index contributed by atoms with van der Waals surface area (Å²) in [5.41, 5.74) is -2.23. The lowest BCUT2D eigenvalue weighted by atomic mass is 9.91. The van der Waals surface area contributed by atoms with E-state index in [1.165, 1.54) is 75.4 Å². The maximum Gasteiger partial charge on any atom is 0.402 e. The Morgan fingerprint density at radius 1 is 0.935 bits per heavy atom. The van der Waals surface area contributed by atoms with Crippen LogP contribution in [-0.2, 0) is 11.3 Å². The van der Waals surface area contributed by atoms with Gasteiger partial charge in [0, 0.05) is 12.2 Å². The van der Waals surface area contributed by atoms with Crippen LogP contribution in [0.15, 0.2) is 36.4 Å². The molecule has 0 bridgehead atoms. The first-order valence-electron chi connectivity index (χ1n) is 14.2. The van der Waals surface area contributed by atoms with Gasteiger partial charge in [0.1, 0.15) is 17.8 Å². The molecule has 1 aliphatic carbocycles. The van der Waals surface area contributed by atoms with Crippen molar-refractivity contribution in [2.24, 2.45) is 11.3 Å². The monoisotopic (exact) mass is 688 g/mol. The number of alkyl halides is 8. The maximum absolute atomic E-state index is 13.0. The Labute approximate surface area is 267 Å². The predicted molar refractivity (Wildman–Crippen MR) is 158 cm³/mol. The molecule has 6 nitrogen and oxygen atoms in total. The van der Waals surface area contributed by atoms with Crippen molar-refractivity contribution < 1.29 is 54.2 Å². The fourth-order valence-corrected chi connectivity index (χ4v) is 4.26. The molecule has 0 aromatic heterocycles. The van der Waals surface area contributed by atoms with Crippen molar-refractivity contribution in [2.75, 3.05) is 11.9 Å². The van der Waals surface area contributed by atoms with Crippen molar-refractivity contribution in [2.45, 2.75) is 85.6 Å². The Balaban J connectivity index is 0.000000810. The fraction of sp³-hybridized carbons (Fsp3) is 0.516. The van der Waals surface area contributed by atoms with Crippen LogP contribution in [0.5, 0.6) is 5.75 Å². The second-order valence-electron chi connectivity index (χ2n) is 11.0. The molecule has 1 fully saturated rings. The number of carbonyl (C=O) groups excluding carboxylic acids is 3. The quantitative estimate of drug-likeness (QED) is 0.203. The van der Waals surface area contributed by atoms with Crippen LogP contribution in [-0.4, -0.2) is 43.5 Å². The highest BCUT2D eigenvalue weighted by atomic mass is 35.5. The number of Topliss-reactive ketones (excluding diaryl/α,β-unsaturated/α-hetero) is 1. The van der Waals surface area contributed by atoms with Gasteiger partial charge in [-0.3, -0.25) is 14.4 Å². The molecule has 0 aliphatic heterocycles. The van der Waals surface area contributed by atoms with Gasteiger partial charge in [-0.05, 0) is 62.6 Å². The maximum atomic E-state index is 13.0.